The van der Waals surface area contributed by atoms with Gasteiger partial charge in [0.2, 0.25) is 0 Å². The van der Waals surface area contributed by atoms with E-state index in [0.717, 1.165) is 16.9 Å². The summed E-state index contributed by atoms with van der Waals surface area (Å²) in [6.45, 7) is 4.03. The Balaban J connectivity index is 2.61. The van der Waals surface area contributed by atoms with E-state index in [1.807, 2.05) is 31.4 Å². The highest BCUT2D eigenvalue weighted by molar-refractivity contribution is 7.13. The number of thiophene rings is 1. The lowest BCUT2D eigenvalue weighted by Gasteiger charge is -2.07. The van der Waals surface area contributed by atoms with Crippen LogP contribution in [0.15, 0.2) is 17.5 Å². The maximum atomic E-state index is 10.8. The lowest BCUT2D eigenvalue weighted by molar-refractivity contribution is 0.111. The molecule has 0 bridgehead atoms. The second-order valence-electron chi connectivity index (χ2n) is 3.46. The first kappa shape index (κ1) is 10.0. The molecule has 0 N–H and O–H groups in total. The summed E-state index contributed by atoms with van der Waals surface area (Å²) in [6.07, 6.45) is 0.751. The Labute approximate surface area is 91.5 Å². The fraction of sp³-hybridized carbons (Fsp3) is 0.300. The minimum atomic E-state index is 0.197. The Hall–Kier alpha value is -1.49. The van der Waals surface area contributed by atoms with Crippen molar-refractivity contribution in [1.29, 1.82) is 0 Å². The average Bonchev–Trinajstić information content (AvgIpc) is 2.85. The SMILES string of the molecule is CC(C)n1nnc(C=O)c1-c1cccs1. The molecule has 4 nitrogen and oxygen atoms in total. The van der Waals surface area contributed by atoms with Gasteiger partial charge in [0.1, 0.15) is 5.69 Å². The third-order valence-electron chi connectivity index (χ3n) is 2.08. The van der Waals surface area contributed by atoms with Crippen LogP contribution in [0.2, 0.25) is 0 Å². The summed E-state index contributed by atoms with van der Waals surface area (Å²) >= 11 is 1.58. The van der Waals surface area contributed by atoms with E-state index in [1.54, 1.807) is 16.0 Å². The van der Waals surface area contributed by atoms with Gasteiger partial charge < -0.3 is 0 Å². The molecule has 2 aromatic heterocycles. The van der Waals surface area contributed by atoms with Crippen LogP contribution >= 0.6 is 11.3 Å². The van der Waals surface area contributed by atoms with Crippen molar-refractivity contribution < 1.29 is 4.79 Å². The van der Waals surface area contributed by atoms with Gasteiger partial charge in [0.15, 0.2) is 12.0 Å². The number of rotatable bonds is 3. The standard InChI is InChI=1S/C10H11N3OS/c1-7(2)13-10(8(6-14)11-12-13)9-4-3-5-15-9/h3-7H,1-2H3. The molecule has 0 aliphatic carbocycles. The molecule has 0 amide bonds. The maximum Gasteiger partial charge on any atom is 0.172 e. The molecule has 2 rings (SSSR count). The second kappa shape index (κ2) is 3.94. The van der Waals surface area contributed by atoms with Crippen LogP contribution in [0.25, 0.3) is 10.6 Å². The molecule has 0 aliphatic rings. The average molecular weight is 221 g/mol. The predicted molar refractivity (Wildman–Crippen MR) is 59.1 cm³/mol. The van der Waals surface area contributed by atoms with Crippen LogP contribution in [0.5, 0.6) is 0 Å². The van der Waals surface area contributed by atoms with Gasteiger partial charge in [-0.2, -0.15) is 0 Å². The van der Waals surface area contributed by atoms with Gasteiger partial charge in [0.25, 0.3) is 0 Å². The van der Waals surface area contributed by atoms with Crippen molar-refractivity contribution in [2.75, 3.05) is 0 Å². The first-order valence-electron chi connectivity index (χ1n) is 4.68. The molecule has 0 fully saturated rings. The molecule has 0 saturated carbocycles. The van der Waals surface area contributed by atoms with E-state index >= 15 is 0 Å². The Morgan fingerprint density at radius 3 is 2.87 bits per heavy atom. The molecular formula is C10H11N3OS. The van der Waals surface area contributed by atoms with Crippen molar-refractivity contribution in [2.24, 2.45) is 0 Å². The number of nitrogens with zero attached hydrogens (tertiary/aromatic N) is 3. The van der Waals surface area contributed by atoms with Crippen molar-refractivity contribution >= 4 is 17.6 Å². The summed E-state index contributed by atoms with van der Waals surface area (Å²) in [6, 6.07) is 4.12. The van der Waals surface area contributed by atoms with E-state index in [-0.39, 0.29) is 6.04 Å². The zero-order valence-electron chi connectivity index (χ0n) is 8.54. The van der Waals surface area contributed by atoms with E-state index in [1.165, 1.54) is 0 Å². The molecule has 5 heteroatoms. The summed E-state index contributed by atoms with van der Waals surface area (Å²) in [5, 5.41) is 9.82. The Morgan fingerprint density at radius 2 is 2.33 bits per heavy atom. The Morgan fingerprint density at radius 1 is 1.53 bits per heavy atom. The van der Waals surface area contributed by atoms with Gasteiger partial charge in [-0.3, -0.25) is 4.79 Å². The highest BCUT2D eigenvalue weighted by atomic mass is 32.1. The molecule has 0 aliphatic heterocycles. The fourth-order valence-electron chi connectivity index (χ4n) is 1.40. The smallest absolute Gasteiger partial charge is 0.172 e. The molecule has 15 heavy (non-hydrogen) atoms. The van der Waals surface area contributed by atoms with Crippen LogP contribution < -0.4 is 0 Å². The van der Waals surface area contributed by atoms with Crippen LogP contribution in [-0.2, 0) is 0 Å². The first-order chi connectivity index (χ1) is 7.24. The molecule has 0 spiro atoms. The molecule has 0 radical (unpaired) electrons. The number of carbonyl (C=O) groups is 1. The number of aromatic nitrogens is 3. The first-order valence-corrected chi connectivity index (χ1v) is 5.56. The summed E-state index contributed by atoms with van der Waals surface area (Å²) in [7, 11) is 0. The number of carbonyl (C=O) groups excluding carboxylic acids is 1. The number of hydrogen-bond donors (Lipinski definition) is 0. The van der Waals surface area contributed by atoms with Crippen molar-refractivity contribution in [3.63, 3.8) is 0 Å². The van der Waals surface area contributed by atoms with Crippen molar-refractivity contribution in [1.82, 2.24) is 15.0 Å². The number of hydrogen-bond acceptors (Lipinski definition) is 4. The maximum absolute atomic E-state index is 10.8. The van der Waals surface area contributed by atoms with Gasteiger partial charge in [-0.25, -0.2) is 4.68 Å². The zero-order chi connectivity index (χ0) is 10.8. The van der Waals surface area contributed by atoms with E-state index in [9.17, 15) is 4.79 Å². The molecule has 2 aromatic rings. The predicted octanol–water partition coefficient (Wildman–Crippen LogP) is 2.40. The third kappa shape index (κ3) is 1.70. The summed E-state index contributed by atoms with van der Waals surface area (Å²) < 4.78 is 1.77. The van der Waals surface area contributed by atoms with Crippen LogP contribution in [0.4, 0.5) is 0 Å². The lowest BCUT2D eigenvalue weighted by Crippen LogP contribution is -2.04. The Bertz CT molecular complexity index is 459. The van der Waals surface area contributed by atoms with E-state index in [0.29, 0.717) is 5.69 Å². The molecular weight excluding hydrogens is 210 g/mol. The summed E-state index contributed by atoms with van der Waals surface area (Å²) in [5.41, 5.74) is 1.22. The second-order valence-corrected chi connectivity index (χ2v) is 4.40. The lowest BCUT2D eigenvalue weighted by atomic mass is 10.2. The summed E-state index contributed by atoms with van der Waals surface area (Å²) in [5.74, 6) is 0. The van der Waals surface area contributed by atoms with Crippen LogP contribution in [-0.4, -0.2) is 21.3 Å². The van der Waals surface area contributed by atoms with Gasteiger partial charge in [-0.1, -0.05) is 11.3 Å². The minimum Gasteiger partial charge on any atom is -0.296 e. The normalized spacial score (nSPS) is 10.9. The molecule has 78 valence electrons. The van der Waals surface area contributed by atoms with Gasteiger partial charge in [-0.05, 0) is 25.3 Å². The van der Waals surface area contributed by atoms with Crippen LogP contribution in [0.1, 0.15) is 30.4 Å². The molecule has 0 aromatic carbocycles. The molecule has 0 saturated heterocycles. The summed E-state index contributed by atoms with van der Waals surface area (Å²) in [4.78, 5) is 11.9. The molecule has 2 heterocycles. The highest BCUT2D eigenvalue weighted by Crippen LogP contribution is 2.27. The zero-order valence-corrected chi connectivity index (χ0v) is 9.36. The van der Waals surface area contributed by atoms with E-state index < -0.39 is 0 Å². The van der Waals surface area contributed by atoms with Crippen molar-refractivity contribution in [2.45, 2.75) is 19.9 Å². The van der Waals surface area contributed by atoms with Gasteiger partial charge >= 0.3 is 0 Å². The van der Waals surface area contributed by atoms with Crippen LogP contribution in [0, 0.1) is 0 Å². The minimum absolute atomic E-state index is 0.197. The quantitative estimate of drug-likeness (QED) is 0.748. The monoisotopic (exact) mass is 221 g/mol. The topological polar surface area (TPSA) is 47.8 Å². The third-order valence-corrected chi connectivity index (χ3v) is 2.95. The van der Waals surface area contributed by atoms with Gasteiger partial charge in [0.05, 0.1) is 4.88 Å². The number of aldehydes is 1. The van der Waals surface area contributed by atoms with E-state index in [4.69, 9.17) is 0 Å². The van der Waals surface area contributed by atoms with E-state index in [2.05, 4.69) is 10.3 Å². The van der Waals surface area contributed by atoms with Gasteiger partial charge in [0, 0.05) is 6.04 Å². The Kier molecular flexibility index (Phi) is 2.64. The largest absolute Gasteiger partial charge is 0.296 e. The fourth-order valence-corrected chi connectivity index (χ4v) is 2.17. The van der Waals surface area contributed by atoms with Crippen molar-refractivity contribution in [3.8, 4) is 10.6 Å². The van der Waals surface area contributed by atoms with Crippen molar-refractivity contribution in [3.05, 3.63) is 23.2 Å². The molecule has 0 atom stereocenters. The van der Waals surface area contributed by atoms with Gasteiger partial charge in [-0.15, -0.1) is 16.4 Å². The molecule has 0 unspecified atom stereocenters. The van der Waals surface area contributed by atoms with Crippen LogP contribution in [0.3, 0.4) is 0 Å². The highest BCUT2D eigenvalue weighted by Gasteiger charge is 2.16.